The monoisotopic (exact) mass is 366 g/mol. The molecule has 0 aromatic heterocycles. The Labute approximate surface area is 158 Å². The molecule has 0 saturated carbocycles. The van der Waals surface area contributed by atoms with Crippen LogP contribution < -0.4 is 10.9 Å². The van der Waals surface area contributed by atoms with Crippen molar-refractivity contribution in [1.29, 1.82) is 0 Å². The van der Waals surface area contributed by atoms with Crippen LogP contribution in [-0.4, -0.2) is 24.9 Å². The van der Waals surface area contributed by atoms with Crippen molar-refractivity contribution in [3.63, 3.8) is 0 Å². The molecule has 0 fully saturated rings. The second-order valence-electron chi connectivity index (χ2n) is 5.84. The lowest BCUT2D eigenvalue weighted by atomic mass is 10.1. The van der Waals surface area contributed by atoms with Crippen molar-refractivity contribution in [2.75, 3.05) is 7.11 Å². The lowest BCUT2D eigenvalue weighted by Gasteiger charge is -2.06. The molecule has 0 spiro atoms. The van der Waals surface area contributed by atoms with Gasteiger partial charge in [0, 0.05) is 11.6 Å². The van der Waals surface area contributed by atoms with Crippen LogP contribution in [0.5, 0.6) is 0 Å². The summed E-state index contributed by atoms with van der Waals surface area (Å²) in [5, 5.41) is 0. The quantitative estimate of drug-likeness (QED) is 0.468. The second kappa shape index (κ2) is 9.91. The molecule has 6 heteroatoms. The van der Waals surface area contributed by atoms with Crippen LogP contribution in [0.2, 0.25) is 0 Å². The molecule has 0 bridgehead atoms. The molecule has 0 heterocycles. The van der Waals surface area contributed by atoms with Crippen LogP contribution in [0.15, 0.2) is 54.6 Å². The average Bonchev–Trinajstić information content (AvgIpc) is 2.71. The van der Waals surface area contributed by atoms with E-state index in [9.17, 15) is 14.4 Å². The van der Waals surface area contributed by atoms with Gasteiger partial charge < -0.3 is 4.74 Å². The van der Waals surface area contributed by atoms with E-state index in [-0.39, 0.29) is 0 Å². The summed E-state index contributed by atoms with van der Waals surface area (Å²) in [6, 6.07) is 13.8. The van der Waals surface area contributed by atoms with Crippen molar-refractivity contribution < 1.29 is 19.1 Å². The minimum atomic E-state index is -0.489. The van der Waals surface area contributed by atoms with Crippen molar-refractivity contribution in [3.05, 3.63) is 76.9 Å². The van der Waals surface area contributed by atoms with E-state index < -0.39 is 17.8 Å². The van der Waals surface area contributed by atoms with Gasteiger partial charge >= 0.3 is 5.97 Å². The minimum Gasteiger partial charge on any atom is -0.465 e. The minimum absolute atomic E-state index is 0.304. The van der Waals surface area contributed by atoms with Crippen molar-refractivity contribution in [2.24, 2.45) is 0 Å². The Morgan fingerprint density at radius 2 is 1.56 bits per heavy atom. The van der Waals surface area contributed by atoms with Crippen molar-refractivity contribution in [1.82, 2.24) is 10.9 Å². The summed E-state index contributed by atoms with van der Waals surface area (Å²) in [4.78, 5) is 35.2. The van der Waals surface area contributed by atoms with Gasteiger partial charge in [-0.2, -0.15) is 0 Å². The molecule has 2 rings (SSSR count). The fourth-order valence-electron chi connectivity index (χ4n) is 2.36. The van der Waals surface area contributed by atoms with Crippen LogP contribution in [0, 0.1) is 0 Å². The largest absolute Gasteiger partial charge is 0.465 e. The first kappa shape index (κ1) is 19.9. The standard InChI is InChI=1S/C21H22N2O4/c1-3-4-15-5-7-16(8-6-15)9-14-19(24)22-23-20(25)17-10-12-18(13-11-17)21(26)27-2/h5-14H,3-4H2,1-2H3,(H,22,24)(H,23,25)/b14-9+. The van der Waals surface area contributed by atoms with Gasteiger partial charge in [-0.05, 0) is 47.9 Å². The molecule has 0 atom stereocenters. The van der Waals surface area contributed by atoms with Crippen molar-refractivity contribution >= 4 is 23.9 Å². The number of hydrogen-bond donors (Lipinski definition) is 2. The Hall–Kier alpha value is -3.41. The third-order valence-corrected chi connectivity index (χ3v) is 3.81. The lowest BCUT2D eigenvalue weighted by Crippen LogP contribution is -2.40. The van der Waals surface area contributed by atoms with Gasteiger partial charge in [0.1, 0.15) is 0 Å². The van der Waals surface area contributed by atoms with E-state index in [1.165, 1.54) is 43.0 Å². The summed E-state index contributed by atoms with van der Waals surface area (Å²) in [7, 11) is 1.28. The number of methoxy groups -OCH3 is 1. The Bertz CT molecular complexity index is 824. The predicted octanol–water partition coefficient (Wildman–Crippen LogP) is 2.90. The number of benzene rings is 2. The molecular formula is C21H22N2O4. The van der Waals surface area contributed by atoms with E-state index in [0.29, 0.717) is 11.1 Å². The van der Waals surface area contributed by atoms with Gasteiger partial charge in [-0.3, -0.25) is 20.4 Å². The zero-order valence-corrected chi connectivity index (χ0v) is 15.3. The molecule has 140 valence electrons. The number of amides is 2. The normalized spacial score (nSPS) is 10.4. The highest BCUT2D eigenvalue weighted by Gasteiger charge is 2.09. The van der Waals surface area contributed by atoms with Crippen LogP contribution in [0.3, 0.4) is 0 Å². The molecule has 0 aliphatic heterocycles. The maximum absolute atomic E-state index is 12.0. The zero-order chi connectivity index (χ0) is 19.6. The number of esters is 1. The highest BCUT2D eigenvalue weighted by Crippen LogP contribution is 2.08. The fourth-order valence-corrected chi connectivity index (χ4v) is 2.36. The molecule has 2 N–H and O–H groups in total. The van der Waals surface area contributed by atoms with E-state index in [0.717, 1.165) is 18.4 Å². The molecular weight excluding hydrogens is 344 g/mol. The summed E-state index contributed by atoms with van der Waals surface area (Å²) in [6.07, 6.45) is 5.12. The molecule has 2 amide bonds. The first-order chi connectivity index (χ1) is 13.0. The van der Waals surface area contributed by atoms with Gasteiger partial charge in [0.2, 0.25) is 0 Å². The van der Waals surface area contributed by atoms with Gasteiger partial charge in [-0.15, -0.1) is 0 Å². The second-order valence-corrected chi connectivity index (χ2v) is 5.84. The number of hydrazine groups is 1. The van der Waals surface area contributed by atoms with Crippen LogP contribution in [0.25, 0.3) is 6.08 Å². The van der Waals surface area contributed by atoms with E-state index in [1.54, 1.807) is 6.08 Å². The maximum atomic E-state index is 12.0. The van der Waals surface area contributed by atoms with Crippen molar-refractivity contribution in [2.45, 2.75) is 19.8 Å². The van der Waals surface area contributed by atoms with E-state index in [1.807, 2.05) is 24.3 Å². The number of rotatable bonds is 6. The molecule has 6 nitrogen and oxygen atoms in total. The fraction of sp³-hybridized carbons (Fsp3) is 0.190. The molecule has 2 aromatic rings. The third kappa shape index (κ3) is 6.11. The summed E-state index contributed by atoms with van der Waals surface area (Å²) < 4.78 is 4.59. The van der Waals surface area contributed by atoms with Crippen LogP contribution in [0.1, 0.15) is 45.2 Å². The van der Waals surface area contributed by atoms with Crippen LogP contribution >= 0.6 is 0 Å². The molecule has 2 aromatic carbocycles. The Morgan fingerprint density at radius 1 is 0.926 bits per heavy atom. The van der Waals surface area contributed by atoms with Crippen molar-refractivity contribution in [3.8, 4) is 0 Å². The number of ether oxygens (including phenoxy) is 1. The molecule has 0 aliphatic carbocycles. The molecule has 0 unspecified atom stereocenters. The third-order valence-electron chi connectivity index (χ3n) is 3.81. The van der Waals surface area contributed by atoms with Gasteiger partial charge in [-0.1, -0.05) is 37.6 Å². The topological polar surface area (TPSA) is 84.5 Å². The number of carbonyl (C=O) groups excluding carboxylic acids is 3. The highest BCUT2D eigenvalue weighted by atomic mass is 16.5. The van der Waals surface area contributed by atoms with Gasteiger partial charge in [0.25, 0.3) is 11.8 Å². The first-order valence-electron chi connectivity index (χ1n) is 8.59. The first-order valence-corrected chi connectivity index (χ1v) is 8.59. The van der Waals surface area contributed by atoms with Gasteiger partial charge in [-0.25, -0.2) is 4.79 Å². The zero-order valence-electron chi connectivity index (χ0n) is 15.3. The SMILES string of the molecule is CCCc1ccc(/C=C/C(=O)NNC(=O)c2ccc(C(=O)OC)cc2)cc1. The number of nitrogens with one attached hydrogen (secondary N) is 2. The Balaban J connectivity index is 1.85. The van der Waals surface area contributed by atoms with E-state index in [4.69, 9.17) is 0 Å². The highest BCUT2D eigenvalue weighted by molar-refractivity contribution is 5.98. The molecule has 0 saturated heterocycles. The van der Waals surface area contributed by atoms with E-state index in [2.05, 4.69) is 22.5 Å². The lowest BCUT2D eigenvalue weighted by molar-refractivity contribution is -0.117. The Kier molecular flexibility index (Phi) is 7.31. The smallest absolute Gasteiger partial charge is 0.337 e. The summed E-state index contributed by atoms with van der Waals surface area (Å²) in [6.45, 7) is 2.12. The average molecular weight is 366 g/mol. The molecule has 0 radical (unpaired) electrons. The predicted molar refractivity (Wildman–Crippen MR) is 103 cm³/mol. The van der Waals surface area contributed by atoms with Crippen LogP contribution in [0.4, 0.5) is 0 Å². The summed E-state index contributed by atoms with van der Waals surface area (Å²) in [5.74, 6) is -1.42. The number of carbonyl (C=O) groups is 3. The summed E-state index contributed by atoms with van der Waals surface area (Å²) in [5.41, 5.74) is 7.43. The Morgan fingerprint density at radius 3 is 2.15 bits per heavy atom. The van der Waals surface area contributed by atoms with Gasteiger partial charge in [0.05, 0.1) is 12.7 Å². The summed E-state index contributed by atoms with van der Waals surface area (Å²) >= 11 is 0. The molecule has 27 heavy (non-hydrogen) atoms. The van der Waals surface area contributed by atoms with Crippen LogP contribution in [-0.2, 0) is 16.0 Å². The number of hydrogen-bond acceptors (Lipinski definition) is 4. The molecule has 0 aliphatic rings. The van der Waals surface area contributed by atoms with E-state index >= 15 is 0 Å². The maximum Gasteiger partial charge on any atom is 0.337 e. The number of aryl methyl sites for hydroxylation is 1. The van der Waals surface area contributed by atoms with Gasteiger partial charge in [0.15, 0.2) is 0 Å².